The van der Waals surface area contributed by atoms with E-state index in [9.17, 15) is 15.0 Å². The first-order chi connectivity index (χ1) is 9.08. The maximum absolute atomic E-state index is 12.3. The van der Waals surface area contributed by atoms with Crippen molar-refractivity contribution in [3.05, 3.63) is 23.8 Å². The Labute approximate surface area is 112 Å². The van der Waals surface area contributed by atoms with Gasteiger partial charge in [-0.2, -0.15) is 0 Å². The van der Waals surface area contributed by atoms with E-state index in [1.807, 2.05) is 6.92 Å². The Morgan fingerprint density at radius 1 is 1.37 bits per heavy atom. The highest BCUT2D eigenvalue weighted by molar-refractivity contribution is 6.00. The van der Waals surface area contributed by atoms with Crippen LogP contribution in [0.5, 0.6) is 11.5 Å². The van der Waals surface area contributed by atoms with E-state index in [1.54, 1.807) is 0 Å². The van der Waals surface area contributed by atoms with Crippen LogP contribution in [0, 0.1) is 5.92 Å². The number of benzene rings is 1. The second kappa shape index (κ2) is 6.04. The summed E-state index contributed by atoms with van der Waals surface area (Å²) in [5.74, 6) is -0.453. The van der Waals surface area contributed by atoms with Crippen molar-refractivity contribution in [2.45, 2.75) is 6.92 Å². The fourth-order valence-corrected chi connectivity index (χ4v) is 2.36. The number of Topliss-reactive ketones (excluding diaryl/α,β-unsaturated/α-hetero) is 1. The third-order valence-corrected chi connectivity index (χ3v) is 3.44. The molecule has 1 heterocycles. The molecule has 1 unspecified atom stereocenters. The molecule has 1 aromatic carbocycles. The number of ketones is 1. The van der Waals surface area contributed by atoms with Crippen LogP contribution in [-0.4, -0.2) is 53.6 Å². The molecule has 0 radical (unpaired) electrons. The summed E-state index contributed by atoms with van der Waals surface area (Å²) >= 11 is 0. The van der Waals surface area contributed by atoms with E-state index >= 15 is 0 Å². The van der Waals surface area contributed by atoms with Crippen LogP contribution in [0.15, 0.2) is 18.2 Å². The van der Waals surface area contributed by atoms with Gasteiger partial charge in [-0.3, -0.25) is 4.79 Å². The van der Waals surface area contributed by atoms with Crippen molar-refractivity contribution in [1.29, 1.82) is 0 Å². The highest BCUT2D eigenvalue weighted by Gasteiger charge is 2.22. The van der Waals surface area contributed by atoms with E-state index < -0.39 is 0 Å². The number of phenols is 2. The molecule has 1 aliphatic rings. The van der Waals surface area contributed by atoms with E-state index in [0.717, 1.165) is 26.2 Å². The van der Waals surface area contributed by atoms with Gasteiger partial charge in [-0.15, -0.1) is 0 Å². The van der Waals surface area contributed by atoms with Crippen molar-refractivity contribution >= 4 is 5.78 Å². The smallest absolute Gasteiger partial charge is 0.170 e. The lowest BCUT2D eigenvalue weighted by Gasteiger charge is -2.29. The fraction of sp³-hybridized carbons (Fsp3) is 0.500. The molecule has 0 saturated carbocycles. The number of nitrogens with zero attached hydrogens (tertiary/aromatic N) is 1. The maximum atomic E-state index is 12.3. The Kier molecular flexibility index (Phi) is 4.39. The summed E-state index contributed by atoms with van der Waals surface area (Å²) in [6.07, 6.45) is 0. The van der Waals surface area contributed by atoms with Gasteiger partial charge in [0.1, 0.15) is 11.5 Å². The Morgan fingerprint density at radius 2 is 2.05 bits per heavy atom. The monoisotopic (exact) mass is 264 g/mol. The summed E-state index contributed by atoms with van der Waals surface area (Å²) in [6.45, 7) is 6.35. The Hall–Kier alpha value is -1.59. The summed E-state index contributed by atoms with van der Waals surface area (Å²) in [7, 11) is 0. The lowest BCUT2D eigenvalue weighted by atomic mass is 9.97. The van der Waals surface area contributed by atoms with Crippen LogP contribution in [0.25, 0.3) is 0 Å². The average molecular weight is 264 g/mol. The molecule has 1 fully saturated rings. The molecule has 1 aliphatic heterocycles. The van der Waals surface area contributed by atoms with Crippen LogP contribution in [0.2, 0.25) is 0 Å². The summed E-state index contributed by atoms with van der Waals surface area (Å²) in [5.41, 5.74) is 0.278. The Bertz CT molecular complexity index is 456. The number of hydrogen-bond donors (Lipinski definition) is 3. The third kappa shape index (κ3) is 3.45. The molecule has 0 amide bonds. The predicted octanol–water partition coefficient (Wildman–Crippen LogP) is 0.822. The predicted molar refractivity (Wildman–Crippen MR) is 72.6 cm³/mol. The van der Waals surface area contributed by atoms with Gasteiger partial charge >= 0.3 is 0 Å². The van der Waals surface area contributed by atoms with Gasteiger partial charge in [-0.25, -0.2) is 0 Å². The zero-order valence-corrected chi connectivity index (χ0v) is 11.1. The molecule has 1 aromatic rings. The van der Waals surface area contributed by atoms with E-state index in [2.05, 4.69) is 10.2 Å². The first-order valence-electron chi connectivity index (χ1n) is 6.57. The molecule has 0 spiro atoms. The van der Waals surface area contributed by atoms with Crippen molar-refractivity contribution in [3.63, 3.8) is 0 Å². The normalized spacial score (nSPS) is 18.2. The Morgan fingerprint density at radius 3 is 2.68 bits per heavy atom. The summed E-state index contributed by atoms with van der Waals surface area (Å²) < 4.78 is 0. The molecule has 104 valence electrons. The first kappa shape index (κ1) is 13.8. The molecule has 1 atom stereocenters. The molecule has 0 aromatic heterocycles. The number of carbonyl (C=O) groups excluding carboxylic acids is 1. The lowest BCUT2D eigenvalue weighted by molar-refractivity contribution is 0.0884. The third-order valence-electron chi connectivity index (χ3n) is 3.44. The number of piperazine rings is 1. The summed E-state index contributed by atoms with van der Waals surface area (Å²) in [5, 5.41) is 22.2. The molecule has 19 heavy (non-hydrogen) atoms. The minimum absolute atomic E-state index is 0.0381. The number of hydrogen-bond acceptors (Lipinski definition) is 5. The van der Waals surface area contributed by atoms with Gasteiger partial charge in [-0.1, -0.05) is 6.92 Å². The van der Waals surface area contributed by atoms with Gasteiger partial charge in [0.2, 0.25) is 0 Å². The fourth-order valence-electron chi connectivity index (χ4n) is 2.36. The van der Waals surface area contributed by atoms with Gasteiger partial charge < -0.3 is 20.4 Å². The lowest BCUT2D eigenvalue weighted by Crippen LogP contribution is -2.45. The molecule has 3 N–H and O–H groups in total. The van der Waals surface area contributed by atoms with Crippen LogP contribution in [0.4, 0.5) is 0 Å². The van der Waals surface area contributed by atoms with E-state index in [-0.39, 0.29) is 28.8 Å². The maximum Gasteiger partial charge on any atom is 0.170 e. The van der Waals surface area contributed by atoms with Crippen LogP contribution in [0.3, 0.4) is 0 Å². The van der Waals surface area contributed by atoms with Crippen LogP contribution < -0.4 is 5.32 Å². The van der Waals surface area contributed by atoms with Crippen LogP contribution >= 0.6 is 0 Å². The average Bonchev–Trinajstić information content (AvgIpc) is 2.39. The van der Waals surface area contributed by atoms with Crippen LogP contribution in [0.1, 0.15) is 17.3 Å². The molecule has 0 bridgehead atoms. The molecular formula is C14H20N2O3. The quantitative estimate of drug-likeness (QED) is 0.702. The number of phenolic OH excluding ortho intramolecular Hbond substituents is 2. The molecular weight excluding hydrogens is 244 g/mol. The minimum atomic E-state index is -0.173. The molecule has 5 heteroatoms. The highest BCUT2D eigenvalue weighted by Crippen LogP contribution is 2.25. The van der Waals surface area contributed by atoms with Gasteiger partial charge in [0, 0.05) is 44.7 Å². The highest BCUT2D eigenvalue weighted by atomic mass is 16.3. The Balaban J connectivity index is 2.01. The topological polar surface area (TPSA) is 72.8 Å². The SMILES string of the molecule is CC(CN1CCNCC1)C(=O)c1ccc(O)cc1O. The van der Waals surface area contributed by atoms with E-state index in [1.165, 1.54) is 18.2 Å². The van der Waals surface area contributed by atoms with Crippen molar-refractivity contribution < 1.29 is 15.0 Å². The van der Waals surface area contributed by atoms with Gasteiger partial charge in [-0.05, 0) is 12.1 Å². The molecule has 1 saturated heterocycles. The standard InChI is InChI=1S/C14H20N2O3/c1-10(9-16-6-4-15-5-7-16)14(19)12-3-2-11(17)8-13(12)18/h2-3,8,10,15,17-18H,4-7,9H2,1H3. The molecule has 0 aliphatic carbocycles. The summed E-state index contributed by atoms with van der Waals surface area (Å²) in [6, 6.07) is 4.09. The van der Waals surface area contributed by atoms with Crippen molar-refractivity contribution in [1.82, 2.24) is 10.2 Å². The van der Waals surface area contributed by atoms with E-state index in [4.69, 9.17) is 0 Å². The second-order valence-electron chi connectivity index (χ2n) is 5.02. The zero-order chi connectivity index (χ0) is 13.8. The van der Waals surface area contributed by atoms with E-state index in [0.29, 0.717) is 6.54 Å². The number of rotatable bonds is 4. The molecule has 2 rings (SSSR count). The zero-order valence-electron chi connectivity index (χ0n) is 11.1. The van der Waals surface area contributed by atoms with Crippen molar-refractivity contribution in [2.75, 3.05) is 32.7 Å². The van der Waals surface area contributed by atoms with Gasteiger partial charge in [0.05, 0.1) is 5.56 Å². The van der Waals surface area contributed by atoms with Gasteiger partial charge in [0.25, 0.3) is 0 Å². The van der Waals surface area contributed by atoms with Crippen molar-refractivity contribution in [3.8, 4) is 11.5 Å². The number of carbonyl (C=O) groups is 1. The second-order valence-corrected chi connectivity index (χ2v) is 5.02. The minimum Gasteiger partial charge on any atom is -0.508 e. The first-order valence-corrected chi connectivity index (χ1v) is 6.57. The largest absolute Gasteiger partial charge is 0.508 e. The van der Waals surface area contributed by atoms with Gasteiger partial charge in [0.15, 0.2) is 5.78 Å². The number of nitrogens with one attached hydrogen (secondary N) is 1. The van der Waals surface area contributed by atoms with Crippen molar-refractivity contribution in [2.24, 2.45) is 5.92 Å². The van der Waals surface area contributed by atoms with Crippen LogP contribution in [-0.2, 0) is 0 Å². The molecule has 5 nitrogen and oxygen atoms in total. The number of aromatic hydroxyl groups is 2. The summed E-state index contributed by atoms with van der Waals surface area (Å²) in [4.78, 5) is 14.5.